The third-order valence-corrected chi connectivity index (χ3v) is 5.09. The third-order valence-electron chi connectivity index (χ3n) is 5.09. The molecule has 1 saturated carbocycles. The fraction of sp³-hybridized carbons (Fsp3) is 0.286. The highest BCUT2D eigenvalue weighted by molar-refractivity contribution is 5.98. The van der Waals surface area contributed by atoms with Gasteiger partial charge in [-0.25, -0.2) is 0 Å². The zero-order chi connectivity index (χ0) is 17.9. The number of carbonyl (C=O) groups is 2. The SMILES string of the molecule is O=C(N[C@@H]1C(=O)N[N+](=C2CCCC2)[C@H]1c1ccccc1)c1ccccc1. The Morgan fingerprint density at radius 1 is 0.962 bits per heavy atom. The van der Waals surface area contributed by atoms with E-state index in [-0.39, 0.29) is 17.9 Å². The Kier molecular flexibility index (Phi) is 4.52. The van der Waals surface area contributed by atoms with Crippen molar-refractivity contribution in [1.29, 1.82) is 0 Å². The van der Waals surface area contributed by atoms with E-state index in [1.54, 1.807) is 12.1 Å². The molecular weight excluding hydrogens is 326 g/mol. The lowest BCUT2D eigenvalue weighted by Crippen LogP contribution is -2.42. The van der Waals surface area contributed by atoms with Gasteiger partial charge in [-0.15, -0.1) is 10.1 Å². The fourth-order valence-corrected chi connectivity index (χ4v) is 3.80. The van der Waals surface area contributed by atoms with Gasteiger partial charge in [-0.3, -0.25) is 9.59 Å². The molecule has 1 aliphatic carbocycles. The zero-order valence-electron chi connectivity index (χ0n) is 14.5. The highest BCUT2D eigenvalue weighted by Crippen LogP contribution is 2.28. The number of hydrazone groups is 1. The lowest BCUT2D eigenvalue weighted by Gasteiger charge is -2.15. The Morgan fingerprint density at radius 3 is 2.23 bits per heavy atom. The quantitative estimate of drug-likeness (QED) is 0.838. The molecule has 26 heavy (non-hydrogen) atoms. The molecule has 0 radical (unpaired) electrons. The first kappa shape index (κ1) is 16.5. The number of amides is 2. The van der Waals surface area contributed by atoms with Gasteiger partial charge in [0.15, 0.2) is 11.8 Å². The van der Waals surface area contributed by atoms with Gasteiger partial charge in [0, 0.05) is 24.0 Å². The minimum absolute atomic E-state index is 0.164. The Morgan fingerprint density at radius 2 is 1.58 bits per heavy atom. The highest BCUT2D eigenvalue weighted by atomic mass is 16.2. The molecule has 2 fully saturated rings. The van der Waals surface area contributed by atoms with Gasteiger partial charge in [-0.1, -0.05) is 48.5 Å². The van der Waals surface area contributed by atoms with Gasteiger partial charge < -0.3 is 5.32 Å². The van der Waals surface area contributed by atoms with Crippen molar-refractivity contribution < 1.29 is 14.3 Å². The number of carbonyl (C=O) groups excluding carboxylic acids is 2. The topological polar surface area (TPSA) is 61.2 Å². The summed E-state index contributed by atoms with van der Waals surface area (Å²) in [6.07, 6.45) is 4.26. The number of hydrogen-bond acceptors (Lipinski definition) is 2. The van der Waals surface area contributed by atoms with Crippen LogP contribution in [-0.4, -0.2) is 28.3 Å². The predicted molar refractivity (Wildman–Crippen MR) is 98.8 cm³/mol. The van der Waals surface area contributed by atoms with Crippen LogP contribution >= 0.6 is 0 Å². The van der Waals surface area contributed by atoms with Crippen molar-refractivity contribution >= 4 is 17.5 Å². The molecule has 0 unspecified atom stereocenters. The molecule has 2 aliphatic rings. The summed E-state index contributed by atoms with van der Waals surface area (Å²) in [5.41, 5.74) is 5.81. The first-order chi connectivity index (χ1) is 12.7. The Bertz CT molecular complexity index is 838. The van der Waals surface area contributed by atoms with E-state index in [1.165, 1.54) is 5.71 Å². The standard InChI is InChI=1S/C21H21N3O2/c25-20(16-11-5-2-6-12-16)22-18-19(15-9-3-1-4-10-15)24(23-21(18)26)17-13-7-8-14-17/h1-6,9-12,18-19H,7-8,13-14H2,(H-,22,23,25,26)/p+1/t18-,19-/m0/s1. The molecule has 1 aliphatic heterocycles. The number of benzene rings is 2. The minimum atomic E-state index is -0.627. The normalized spacial score (nSPS) is 22.4. The minimum Gasteiger partial charge on any atom is -0.334 e. The van der Waals surface area contributed by atoms with E-state index in [2.05, 4.69) is 10.7 Å². The molecule has 2 amide bonds. The van der Waals surface area contributed by atoms with Crippen LogP contribution in [0.25, 0.3) is 0 Å². The maximum Gasteiger partial charge on any atom is 0.304 e. The van der Waals surface area contributed by atoms with Crippen molar-refractivity contribution in [1.82, 2.24) is 10.7 Å². The molecule has 2 atom stereocenters. The van der Waals surface area contributed by atoms with Crippen LogP contribution in [0, 0.1) is 0 Å². The lowest BCUT2D eigenvalue weighted by molar-refractivity contribution is -0.602. The lowest BCUT2D eigenvalue weighted by atomic mass is 9.99. The number of rotatable bonds is 3. The fourth-order valence-electron chi connectivity index (χ4n) is 3.80. The van der Waals surface area contributed by atoms with Gasteiger partial charge in [0.1, 0.15) is 0 Å². The zero-order valence-corrected chi connectivity index (χ0v) is 14.5. The maximum absolute atomic E-state index is 12.7. The van der Waals surface area contributed by atoms with Gasteiger partial charge in [0.25, 0.3) is 5.91 Å². The van der Waals surface area contributed by atoms with Crippen molar-refractivity contribution in [2.45, 2.75) is 37.8 Å². The average Bonchev–Trinajstić information content (AvgIpc) is 3.32. The number of hydrazine groups is 1. The summed E-state index contributed by atoms with van der Waals surface area (Å²) < 4.78 is 1.99. The monoisotopic (exact) mass is 348 g/mol. The van der Waals surface area contributed by atoms with Crippen molar-refractivity contribution in [2.24, 2.45) is 0 Å². The molecule has 0 bridgehead atoms. The smallest absolute Gasteiger partial charge is 0.304 e. The molecule has 2 N–H and O–H groups in total. The Labute approximate surface area is 152 Å². The molecule has 2 aromatic carbocycles. The Balaban J connectivity index is 1.69. The van der Waals surface area contributed by atoms with Crippen LogP contribution < -0.4 is 10.7 Å². The van der Waals surface area contributed by atoms with Gasteiger partial charge in [0.05, 0.1) is 0 Å². The molecule has 132 valence electrons. The van der Waals surface area contributed by atoms with Gasteiger partial charge in [-0.05, 0) is 25.0 Å². The summed E-state index contributed by atoms with van der Waals surface area (Å²) in [6.45, 7) is 0. The van der Waals surface area contributed by atoms with E-state index in [4.69, 9.17) is 0 Å². The van der Waals surface area contributed by atoms with E-state index in [0.29, 0.717) is 5.56 Å². The summed E-state index contributed by atoms with van der Waals surface area (Å²) in [4.78, 5) is 25.3. The van der Waals surface area contributed by atoms with E-state index >= 15 is 0 Å². The molecule has 1 heterocycles. The van der Waals surface area contributed by atoms with E-state index < -0.39 is 6.04 Å². The summed E-state index contributed by atoms with van der Waals surface area (Å²) in [5, 5.41) is 2.94. The third kappa shape index (κ3) is 3.12. The molecule has 0 spiro atoms. The van der Waals surface area contributed by atoms with E-state index in [0.717, 1.165) is 31.2 Å². The highest BCUT2D eigenvalue weighted by Gasteiger charge is 2.49. The van der Waals surface area contributed by atoms with E-state index in [1.807, 2.05) is 53.2 Å². The number of nitrogens with one attached hydrogen (secondary N) is 2. The van der Waals surface area contributed by atoms with Crippen LogP contribution in [0.3, 0.4) is 0 Å². The van der Waals surface area contributed by atoms with Gasteiger partial charge >= 0.3 is 5.91 Å². The summed E-state index contributed by atoms with van der Waals surface area (Å²) in [6, 6.07) is 18.1. The molecular formula is C21H22N3O2+. The largest absolute Gasteiger partial charge is 0.334 e. The number of nitrogens with zero attached hydrogens (tertiary/aromatic N) is 1. The molecule has 5 nitrogen and oxygen atoms in total. The molecule has 2 aromatic rings. The van der Waals surface area contributed by atoms with Crippen molar-refractivity contribution in [2.75, 3.05) is 0 Å². The predicted octanol–water partition coefficient (Wildman–Crippen LogP) is 2.60. The first-order valence-corrected chi connectivity index (χ1v) is 9.09. The summed E-state index contributed by atoms with van der Waals surface area (Å²) in [5.74, 6) is -0.396. The van der Waals surface area contributed by atoms with Crippen molar-refractivity contribution in [3.8, 4) is 0 Å². The summed E-state index contributed by atoms with van der Waals surface area (Å²) in [7, 11) is 0. The summed E-state index contributed by atoms with van der Waals surface area (Å²) >= 11 is 0. The van der Waals surface area contributed by atoms with Crippen LogP contribution in [0.15, 0.2) is 60.7 Å². The molecule has 4 rings (SSSR count). The van der Waals surface area contributed by atoms with Gasteiger partial charge in [-0.2, -0.15) is 0 Å². The average molecular weight is 348 g/mol. The number of hydrogen-bond donors (Lipinski definition) is 2. The van der Waals surface area contributed by atoms with Crippen molar-refractivity contribution in [3.05, 3.63) is 71.8 Å². The van der Waals surface area contributed by atoms with E-state index in [9.17, 15) is 9.59 Å². The van der Waals surface area contributed by atoms with Crippen molar-refractivity contribution in [3.63, 3.8) is 0 Å². The van der Waals surface area contributed by atoms with Gasteiger partial charge in [0.2, 0.25) is 6.04 Å². The Hall–Kier alpha value is -2.95. The van der Waals surface area contributed by atoms with Crippen LogP contribution in [0.1, 0.15) is 47.6 Å². The van der Waals surface area contributed by atoms with Crippen LogP contribution in [-0.2, 0) is 4.79 Å². The molecule has 1 saturated heterocycles. The second kappa shape index (κ2) is 7.12. The molecule has 5 heteroatoms. The second-order valence-corrected chi connectivity index (χ2v) is 6.79. The van der Waals surface area contributed by atoms with Crippen LogP contribution in [0.2, 0.25) is 0 Å². The maximum atomic E-state index is 12.7. The van der Waals surface area contributed by atoms with Crippen LogP contribution in [0.5, 0.6) is 0 Å². The first-order valence-electron chi connectivity index (χ1n) is 9.09. The second-order valence-electron chi connectivity index (χ2n) is 6.79. The van der Waals surface area contributed by atoms with Crippen LogP contribution in [0.4, 0.5) is 0 Å². The molecule has 0 aromatic heterocycles.